The average molecular weight is 276 g/mol. The monoisotopic (exact) mass is 275 g/mol. The van der Waals surface area contributed by atoms with E-state index in [4.69, 9.17) is 5.73 Å². The number of halogens is 2. The van der Waals surface area contributed by atoms with Gasteiger partial charge in [0.05, 0.1) is 13.5 Å². The number of esters is 1. The van der Waals surface area contributed by atoms with Crippen molar-refractivity contribution in [3.63, 3.8) is 0 Å². The molecule has 3 nitrogen and oxygen atoms in total. The van der Waals surface area contributed by atoms with Crippen molar-refractivity contribution in [2.24, 2.45) is 5.73 Å². The van der Waals surface area contributed by atoms with Crippen LogP contribution in [0.2, 0.25) is 0 Å². The van der Waals surface area contributed by atoms with E-state index < -0.39 is 12.0 Å². The summed E-state index contributed by atoms with van der Waals surface area (Å²) in [5.74, 6) is -0.799. The molecule has 2 N–H and O–H groups in total. The van der Waals surface area contributed by atoms with E-state index in [1.165, 1.54) is 19.2 Å². The topological polar surface area (TPSA) is 52.3 Å². The molecule has 0 heterocycles. The predicted octanol–water partition coefficient (Wildman–Crippen LogP) is 2.15. The minimum atomic E-state index is -0.567. The third-order valence-electron chi connectivity index (χ3n) is 1.97. The van der Waals surface area contributed by atoms with Gasteiger partial charge in [-0.25, -0.2) is 4.39 Å². The third kappa shape index (κ3) is 3.28. The number of methoxy groups -OCH3 is 1. The molecule has 0 aliphatic carbocycles. The van der Waals surface area contributed by atoms with Gasteiger partial charge in [0.2, 0.25) is 0 Å². The Kier molecular flexibility index (Phi) is 4.23. The highest BCUT2D eigenvalue weighted by molar-refractivity contribution is 9.10. The van der Waals surface area contributed by atoms with Gasteiger partial charge in [-0.3, -0.25) is 4.79 Å². The van der Waals surface area contributed by atoms with E-state index in [1.54, 1.807) is 6.07 Å². The Morgan fingerprint density at radius 3 is 2.93 bits per heavy atom. The summed E-state index contributed by atoms with van der Waals surface area (Å²) in [4.78, 5) is 11.0. The Morgan fingerprint density at radius 1 is 1.67 bits per heavy atom. The molecule has 1 unspecified atom stereocenters. The molecule has 0 aliphatic rings. The summed E-state index contributed by atoms with van der Waals surface area (Å²) in [6.45, 7) is 0. The zero-order valence-electron chi connectivity index (χ0n) is 8.17. The fraction of sp³-hybridized carbons (Fsp3) is 0.300. The quantitative estimate of drug-likeness (QED) is 0.860. The largest absolute Gasteiger partial charge is 0.469 e. The van der Waals surface area contributed by atoms with Crippen molar-refractivity contribution in [3.8, 4) is 0 Å². The Morgan fingerprint density at radius 2 is 2.33 bits per heavy atom. The molecule has 0 spiro atoms. The maximum Gasteiger partial charge on any atom is 0.307 e. The second-order valence-corrected chi connectivity index (χ2v) is 3.91. The summed E-state index contributed by atoms with van der Waals surface area (Å²) in [6.07, 6.45) is 0.0263. The lowest BCUT2D eigenvalue weighted by Crippen LogP contribution is -2.17. The van der Waals surface area contributed by atoms with Gasteiger partial charge in [0.1, 0.15) is 5.82 Å². The number of nitrogens with two attached hydrogens (primary N) is 1. The first-order valence-electron chi connectivity index (χ1n) is 4.32. The van der Waals surface area contributed by atoms with E-state index in [0.29, 0.717) is 10.0 Å². The Hall–Kier alpha value is -0.940. The molecule has 1 aromatic carbocycles. The number of carbonyl (C=O) groups excluding carboxylic acids is 1. The summed E-state index contributed by atoms with van der Waals surface area (Å²) < 4.78 is 18.1. The van der Waals surface area contributed by atoms with Crippen molar-refractivity contribution in [1.82, 2.24) is 0 Å². The number of ether oxygens (including phenoxy) is 1. The van der Waals surface area contributed by atoms with Crippen LogP contribution >= 0.6 is 15.9 Å². The van der Waals surface area contributed by atoms with Crippen molar-refractivity contribution in [2.75, 3.05) is 7.11 Å². The Labute approximate surface area is 95.5 Å². The molecule has 1 aromatic rings. The number of hydrogen-bond donors (Lipinski definition) is 1. The zero-order chi connectivity index (χ0) is 11.4. The second-order valence-electron chi connectivity index (χ2n) is 3.05. The van der Waals surface area contributed by atoms with Crippen molar-refractivity contribution in [1.29, 1.82) is 0 Å². The van der Waals surface area contributed by atoms with Gasteiger partial charge in [0, 0.05) is 10.5 Å². The van der Waals surface area contributed by atoms with E-state index in [1.807, 2.05) is 0 Å². The molecule has 0 saturated carbocycles. The molecule has 15 heavy (non-hydrogen) atoms. The molecule has 0 aromatic heterocycles. The van der Waals surface area contributed by atoms with Gasteiger partial charge in [-0.05, 0) is 23.8 Å². The van der Waals surface area contributed by atoms with E-state index in [-0.39, 0.29) is 12.2 Å². The van der Waals surface area contributed by atoms with Crippen molar-refractivity contribution < 1.29 is 13.9 Å². The minimum absolute atomic E-state index is 0.0263. The van der Waals surface area contributed by atoms with Gasteiger partial charge >= 0.3 is 5.97 Å². The standard InChI is InChI=1S/C10H11BrFNO2/c1-15-10(14)5-9(13)7-4-6(12)2-3-8(7)11/h2-4,9H,5,13H2,1H3. The zero-order valence-corrected chi connectivity index (χ0v) is 9.75. The van der Waals surface area contributed by atoms with Gasteiger partial charge in [-0.15, -0.1) is 0 Å². The Bertz CT molecular complexity index is 370. The minimum Gasteiger partial charge on any atom is -0.469 e. The van der Waals surface area contributed by atoms with Crippen LogP contribution in [0.3, 0.4) is 0 Å². The molecule has 5 heteroatoms. The highest BCUT2D eigenvalue weighted by Gasteiger charge is 2.15. The third-order valence-corrected chi connectivity index (χ3v) is 2.69. The normalized spacial score (nSPS) is 12.3. The van der Waals surface area contributed by atoms with E-state index >= 15 is 0 Å². The first-order chi connectivity index (χ1) is 7.04. The van der Waals surface area contributed by atoms with Crippen LogP contribution in [0, 0.1) is 5.82 Å². The van der Waals surface area contributed by atoms with Gasteiger partial charge in [0.25, 0.3) is 0 Å². The lowest BCUT2D eigenvalue weighted by molar-refractivity contribution is -0.141. The molecular formula is C10H11BrFNO2. The molecule has 0 fully saturated rings. The number of rotatable bonds is 3. The summed E-state index contributed by atoms with van der Waals surface area (Å²) in [6, 6.07) is 3.61. The van der Waals surface area contributed by atoms with Crippen LogP contribution in [0.4, 0.5) is 4.39 Å². The molecule has 1 rings (SSSR count). The van der Waals surface area contributed by atoms with Gasteiger partial charge in [-0.2, -0.15) is 0 Å². The highest BCUT2D eigenvalue weighted by Crippen LogP contribution is 2.25. The molecule has 0 amide bonds. The number of benzene rings is 1. The van der Waals surface area contributed by atoms with Gasteiger partial charge < -0.3 is 10.5 Å². The fourth-order valence-electron chi connectivity index (χ4n) is 1.17. The molecule has 1 atom stereocenters. The molecular weight excluding hydrogens is 265 g/mol. The SMILES string of the molecule is COC(=O)CC(N)c1cc(F)ccc1Br. The van der Waals surface area contributed by atoms with E-state index in [0.717, 1.165) is 0 Å². The summed E-state index contributed by atoms with van der Waals surface area (Å²) >= 11 is 3.24. The molecule has 0 bridgehead atoms. The van der Waals surface area contributed by atoms with Crippen LogP contribution in [0.1, 0.15) is 18.0 Å². The van der Waals surface area contributed by atoms with Crippen LogP contribution < -0.4 is 5.73 Å². The first-order valence-corrected chi connectivity index (χ1v) is 5.11. The second kappa shape index (κ2) is 5.23. The van der Waals surface area contributed by atoms with Crippen LogP contribution in [0.5, 0.6) is 0 Å². The Balaban J connectivity index is 2.85. The van der Waals surface area contributed by atoms with E-state index in [9.17, 15) is 9.18 Å². The lowest BCUT2D eigenvalue weighted by Gasteiger charge is -2.12. The predicted molar refractivity (Wildman–Crippen MR) is 57.7 cm³/mol. The molecule has 0 radical (unpaired) electrons. The smallest absolute Gasteiger partial charge is 0.307 e. The maximum atomic E-state index is 12.9. The molecule has 0 aliphatic heterocycles. The fourth-order valence-corrected chi connectivity index (χ4v) is 1.71. The number of carbonyl (C=O) groups is 1. The lowest BCUT2D eigenvalue weighted by atomic mass is 10.0. The summed E-state index contributed by atoms with van der Waals surface area (Å²) in [7, 11) is 1.29. The first kappa shape index (κ1) is 12.1. The van der Waals surface area contributed by atoms with Crippen LogP contribution in [-0.4, -0.2) is 13.1 Å². The molecule has 82 valence electrons. The summed E-state index contributed by atoms with van der Waals surface area (Å²) in [5.41, 5.74) is 6.30. The van der Waals surface area contributed by atoms with Crippen molar-refractivity contribution >= 4 is 21.9 Å². The van der Waals surface area contributed by atoms with Gasteiger partial charge in [-0.1, -0.05) is 15.9 Å². The van der Waals surface area contributed by atoms with Crippen LogP contribution in [-0.2, 0) is 9.53 Å². The van der Waals surface area contributed by atoms with Crippen molar-refractivity contribution in [2.45, 2.75) is 12.5 Å². The van der Waals surface area contributed by atoms with E-state index in [2.05, 4.69) is 20.7 Å². The summed E-state index contributed by atoms with van der Waals surface area (Å²) in [5, 5.41) is 0. The maximum absolute atomic E-state index is 12.9. The van der Waals surface area contributed by atoms with Crippen LogP contribution in [0.15, 0.2) is 22.7 Å². The average Bonchev–Trinajstić information content (AvgIpc) is 2.21. The van der Waals surface area contributed by atoms with Gasteiger partial charge in [0.15, 0.2) is 0 Å². The molecule has 0 saturated heterocycles. The number of hydrogen-bond acceptors (Lipinski definition) is 3. The van der Waals surface area contributed by atoms with Crippen LogP contribution in [0.25, 0.3) is 0 Å². The van der Waals surface area contributed by atoms with Crippen molar-refractivity contribution in [3.05, 3.63) is 34.1 Å². The highest BCUT2D eigenvalue weighted by atomic mass is 79.9.